The van der Waals surface area contributed by atoms with Crippen LogP contribution >= 0.6 is 15.9 Å². The maximum Gasteiger partial charge on any atom is 0.133 e. The van der Waals surface area contributed by atoms with Crippen LogP contribution in [-0.2, 0) is 6.42 Å². The molecule has 1 saturated carbocycles. The predicted molar refractivity (Wildman–Crippen MR) is 90.7 cm³/mol. The highest BCUT2D eigenvalue weighted by Crippen LogP contribution is 2.41. The maximum absolute atomic E-state index is 10.3. The molecular formula is C18H27BrO2. The summed E-state index contributed by atoms with van der Waals surface area (Å²) in [7, 11) is 1.68. The molecule has 0 bridgehead atoms. The second-order valence-corrected chi connectivity index (χ2v) is 8.23. The van der Waals surface area contributed by atoms with Gasteiger partial charge in [0.25, 0.3) is 0 Å². The van der Waals surface area contributed by atoms with E-state index < -0.39 is 0 Å². The first kappa shape index (κ1) is 16.8. The third kappa shape index (κ3) is 4.23. The number of rotatable bonds is 3. The van der Waals surface area contributed by atoms with Crippen LogP contribution in [0.4, 0.5) is 0 Å². The first-order valence-corrected chi connectivity index (χ1v) is 8.61. The Balaban J connectivity index is 2.08. The highest BCUT2D eigenvalue weighted by Gasteiger charge is 2.35. The van der Waals surface area contributed by atoms with E-state index in [2.05, 4.69) is 48.8 Å². The average Bonchev–Trinajstić information content (AvgIpc) is 2.40. The summed E-state index contributed by atoms with van der Waals surface area (Å²) in [4.78, 5) is 0. The molecule has 0 aliphatic heterocycles. The lowest BCUT2D eigenvalue weighted by molar-refractivity contribution is 0.0196. The number of hydrogen-bond donors (Lipinski definition) is 1. The van der Waals surface area contributed by atoms with E-state index >= 15 is 0 Å². The van der Waals surface area contributed by atoms with Gasteiger partial charge in [0.2, 0.25) is 0 Å². The van der Waals surface area contributed by atoms with Crippen LogP contribution in [0.3, 0.4) is 0 Å². The van der Waals surface area contributed by atoms with Crippen molar-refractivity contribution < 1.29 is 9.84 Å². The van der Waals surface area contributed by atoms with Crippen molar-refractivity contribution in [2.45, 2.75) is 52.6 Å². The molecule has 118 valence electrons. The monoisotopic (exact) mass is 354 g/mol. The number of methoxy groups -OCH3 is 1. The molecule has 0 saturated heterocycles. The summed E-state index contributed by atoms with van der Waals surface area (Å²) in [5, 5.41) is 10.3. The van der Waals surface area contributed by atoms with Crippen LogP contribution in [0.2, 0.25) is 0 Å². The first-order valence-electron chi connectivity index (χ1n) is 7.81. The van der Waals surface area contributed by atoms with Crippen LogP contribution in [0.15, 0.2) is 22.7 Å². The quantitative estimate of drug-likeness (QED) is 0.842. The van der Waals surface area contributed by atoms with Gasteiger partial charge in [0, 0.05) is 0 Å². The molecule has 3 atom stereocenters. The summed E-state index contributed by atoms with van der Waals surface area (Å²) in [5.41, 5.74) is 1.60. The number of aliphatic hydroxyl groups is 1. The Labute approximate surface area is 137 Å². The molecule has 3 unspecified atom stereocenters. The highest BCUT2D eigenvalue weighted by atomic mass is 79.9. The van der Waals surface area contributed by atoms with Crippen molar-refractivity contribution in [3.8, 4) is 5.75 Å². The normalized spacial score (nSPS) is 26.7. The van der Waals surface area contributed by atoms with Gasteiger partial charge in [-0.3, -0.25) is 0 Å². The fourth-order valence-corrected chi connectivity index (χ4v) is 3.98. The number of hydrogen-bond acceptors (Lipinski definition) is 2. The van der Waals surface area contributed by atoms with Gasteiger partial charge in [-0.15, -0.1) is 0 Å². The Morgan fingerprint density at radius 2 is 2.00 bits per heavy atom. The van der Waals surface area contributed by atoms with Gasteiger partial charge in [0.05, 0.1) is 17.7 Å². The van der Waals surface area contributed by atoms with Crippen molar-refractivity contribution in [2.75, 3.05) is 7.11 Å². The topological polar surface area (TPSA) is 29.5 Å². The van der Waals surface area contributed by atoms with Gasteiger partial charge in [-0.1, -0.05) is 26.8 Å². The van der Waals surface area contributed by atoms with Gasteiger partial charge >= 0.3 is 0 Å². The zero-order valence-corrected chi connectivity index (χ0v) is 15.1. The molecule has 1 fully saturated rings. The molecular weight excluding hydrogens is 328 g/mol. The Morgan fingerprint density at radius 1 is 1.29 bits per heavy atom. The molecule has 1 aliphatic carbocycles. The maximum atomic E-state index is 10.3. The molecule has 2 nitrogen and oxygen atoms in total. The van der Waals surface area contributed by atoms with E-state index in [1.54, 1.807) is 7.11 Å². The number of ether oxygens (including phenoxy) is 1. The summed E-state index contributed by atoms with van der Waals surface area (Å²) in [6, 6.07) is 6.22. The third-order valence-corrected chi connectivity index (χ3v) is 5.50. The standard InChI is InChI=1S/C18H27BrO2/c1-18(2,3)14-6-7-16(20)13(11-14)9-12-5-8-17(21-4)15(19)10-12/h5,8,10,13-14,16,20H,6-7,9,11H2,1-4H3. The van der Waals surface area contributed by atoms with Crippen LogP contribution in [0, 0.1) is 17.3 Å². The summed E-state index contributed by atoms with van der Waals surface area (Å²) in [6.45, 7) is 6.95. The Morgan fingerprint density at radius 3 is 2.57 bits per heavy atom. The van der Waals surface area contributed by atoms with Gasteiger partial charge in [0.1, 0.15) is 5.75 Å². The summed E-state index contributed by atoms with van der Waals surface area (Å²) in [6.07, 6.45) is 3.98. The zero-order valence-electron chi connectivity index (χ0n) is 13.5. The molecule has 0 spiro atoms. The van der Waals surface area contributed by atoms with E-state index in [1.807, 2.05) is 6.07 Å². The lowest BCUT2D eigenvalue weighted by Crippen LogP contribution is -2.35. The second kappa shape index (κ2) is 6.70. The molecule has 0 amide bonds. The molecule has 0 aromatic heterocycles. The first-order chi connectivity index (χ1) is 9.81. The fourth-order valence-electron chi connectivity index (χ4n) is 3.39. The van der Waals surface area contributed by atoms with Gasteiger partial charge in [-0.25, -0.2) is 0 Å². The number of halogens is 1. The van der Waals surface area contributed by atoms with E-state index in [9.17, 15) is 5.11 Å². The molecule has 1 aromatic rings. The Hall–Kier alpha value is -0.540. The minimum atomic E-state index is -0.163. The second-order valence-electron chi connectivity index (χ2n) is 7.38. The van der Waals surface area contributed by atoms with Crippen molar-refractivity contribution in [3.05, 3.63) is 28.2 Å². The van der Waals surface area contributed by atoms with E-state index in [0.717, 1.165) is 35.9 Å². The Kier molecular flexibility index (Phi) is 5.37. The van der Waals surface area contributed by atoms with Gasteiger partial charge in [0.15, 0.2) is 0 Å². The van der Waals surface area contributed by atoms with Crippen molar-refractivity contribution >= 4 is 15.9 Å². The van der Waals surface area contributed by atoms with Crippen molar-refractivity contribution in [2.24, 2.45) is 17.3 Å². The average molecular weight is 355 g/mol. The van der Waals surface area contributed by atoms with Crippen LogP contribution in [0.1, 0.15) is 45.6 Å². The Bertz CT molecular complexity index is 479. The minimum absolute atomic E-state index is 0.163. The molecule has 0 radical (unpaired) electrons. The fraction of sp³-hybridized carbons (Fsp3) is 0.667. The molecule has 3 heteroatoms. The molecule has 21 heavy (non-hydrogen) atoms. The van der Waals surface area contributed by atoms with Gasteiger partial charge in [-0.2, -0.15) is 0 Å². The predicted octanol–water partition coefficient (Wildman–Crippen LogP) is 4.82. The highest BCUT2D eigenvalue weighted by molar-refractivity contribution is 9.10. The van der Waals surface area contributed by atoms with Crippen molar-refractivity contribution in [3.63, 3.8) is 0 Å². The lowest BCUT2D eigenvalue weighted by Gasteiger charge is -2.40. The largest absolute Gasteiger partial charge is 0.496 e. The molecule has 1 aromatic carbocycles. The van der Waals surface area contributed by atoms with Crippen LogP contribution in [-0.4, -0.2) is 18.3 Å². The minimum Gasteiger partial charge on any atom is -0.496 e. The van der Waals surface area contributed by atoms with Gasteiger partial charge < -0.3 is 9.84 Å². The summed E-state index contributed by atoms with van der Waals surface area (Å²) in [5.74, 6) is 1.92. The van der Waals surface area contributed by atoms with Crippen molar-refractivity contribution in [1.82, 2.24) is 0 Å². The van der Waals surface area contributed by atoms with E-state index in [1.165, 1.54) is 5.56 Å². The van der Waals surface area contributed by atoms with E-state index in [-0.39, 0.29) is 6.10 Å². The van der Waals surface area contributed by atoms with Crippen LogP contribution in [0.5, 0.6) is 5.75 Å². The molecule has 2 rings (SSSR count). The van der Waals surface area contributed by atoms with E-state index in [4.69, 9.17) is 4.74 Å². The van der Waals surface area contributed by atoms with Crippen molar-refractivity contribution in [1.29, 1.82) is 0 Å². The molecule has 0 heterocycles. The lowest BCUT2D eigenvalue weighted by atomic mass is 9.67. The van der Waals surface area contributed by atoms with Crippen LogP contribution < -0.4 is 4.74 Å². The molecule has 1 N–H and O–H groups in total. The smallest absolute Gasteiger partial charge is 0.133 e. The molecule has 1 aliphatic rings. The summed E-state index contributed by atoms with van der Waals surface area (Å²) < 4.78 is 6.26. The zero-order chi connectivity index (χ0) is 15.6. The summed E-state index contributed by atoms with van der Waals surface area (Å²) >= 11 is 3.54. The van der Waals surface area contributed by atoms with Gasteiger partial charge in [-0.05, 0) is 76.6 Å². The third-order valence-electron chi connectivity index (χ3n) is 4.88. The SMILES string of the molecule is COc1ccc(CC2CC(C(C)(C)C)CCC2O)cc1Br. The van der Waals surface area contributed by atoms with E-state index in [0.29, 0.717) is 17.3 Å². The number of benzene rings is 1. The number of aliphatic hydroxyl groups excluding tert-OH is 1. The van der Waals surface area contributed by atoms with Crippen LogP contribution in [0.25, 0.3) is 0 Å².